The largest absolute Gasteiger partial charge is 0.396 e. The van der Waals surface area contributed by atoms with Crippen molar-refractivity contribution in [1.29, 1.82) is 0 Å². The number of carbonyl (C=O) groups is 1. The van der Waals surface area contributed by atoms with Gasteiger partial charge in [0.2, 0.25) is 0 Å². The Morgan fingerprint density at radius 1 is 1.65 bits per heavy atom. The quantitative estimate of drug-likeness (QED) is 0.907. The Morgan fingerprint density at radius 2 is 2.50 bits per heavy atom. The minimum absolute atomic E-state index is 0.121. The molecule has 1 amide bonds. The molecule has 2 unspecified atom stereocenters. The van der Waals surface area contributed by atoms with Crippen molar-refractivity contribution in [3.05, 3.63) is 23.2 Å². The zero-order valence-electron chi connectivity index (χ0n) is 11.3. The van der Waals surface area contributed by atoms with Gasteiger partial charge in [0.25, 0.3) is 5.91 Å². The summed E-state index contributed by atoms with van der Waals surface area (Å²) in [6.45, 7) is 3.44. The summed E-state index contributed by atoms with van der Waals surface area (Å²) in [5.41, 5.74) is 7.19. The third kappa shape index (κ3) is 2.36. The van der Waals surface area contributed by atoms with Crippen molar-refractivity contribution >= 4 is 33.1 Å². The van der Waals surface area contributed by atoms with Crippen LogP contribution in [0.1, 0.15) is 23.0 Å². The molecule has 0 aliphatic carbocycles. The number of pyridine rings is 1. The SMILES string of the molecule is CC1OCCC1CNC(=O)c1sc2cccnc2c1N. The molecule has 20 heavy (non-hydrogen) atoms. The van der Waals surface area contributed by atoms with E-state index in [0.717, 1.165) is 17.7 Å². The van der Waals surface area contributed by atoms with Gasteiger partial charge in [-0.15, -0.1) is 11.3 Å². The predicted octanol–water partition coefficient (Wildman–Crippen LogP) is 2.03. The molecular formula is C14H17N3O2S. The number of nitrogens with two attached hydrogens (primary N) is 1. The highest BCUT2D eigenvalue weighted by Crippen LogP contribution is 2.31. The van der Waals surface area contributed by atoms with Crippen LogP contribution in [0, 0.1) is 5.92 Å². The lowest BCUT2D eigenvalue weighted by atomic mass is 10.0. The van der Waals surface area contributed by atoms with E-state index in [2.05, 4.69) is 10.3 Å². The van der Waals surface area contributed by atoms with E-state index < -0.39 is 0 Å². The number of thiophene rings is 1. The van der Waals surface area contributed by atoms with Gasteiger partial charge in [0.15, 0.2) is 0 Å². The van der Waals surface area contributed by atoms with Gasteiger partial charge in [-0.25, -0.2) is 0 Å². The number of nitrogens with one attached hydrogen (secondary N) is 1. The Morgan fingerprint density at radius 3 is 3.20 bits per heavy atom. The zero-order chi connectivity index (χ0) is 14.1. The monoisotopic (exact) mass is 291 g/mol. The van der Waals surface area contributed by atoms with Gasteiger partial charge in [0, 0.05) is 25.3 Å². The molecule has 0 saturated carbocycles. The molecule has 2 aromatic heterocycles. The van der Waals surface area contributed by atoms with Gasteiger partial charge in [0.05, 0.1) is 16.5 Å². The molecule has 1 saturated heterocycles. The molecule has 1 aliphatic heterocycles. The number of amides is 1. The van der Waals surface area contributed by atoms with E-state index in [4.69, 9.17) is 10.5 Å². The fraction of sp³-hybridized carbons (Fsp3) is 0.429. The second-order valence-corrected chi connectivity index (χ2v) is 6.08. The van der Waals surface area contributed by atoms with Gasteiger partial charge >= 0.3 is 0 Å². The summed E-state index contributed by atoms with van der Waals surface area (Å²) in [6.07, 6.45) is 2.88. The van der Waals surface area contributed by atoms with E-state index in [0.29, 0.717) is 28.5 Å². The number of nitrogens with zero attached hydrogens (tertiary/aromatic N) is 1. The number of fused-ring (bicyclic) bond motifs is 1. The first-order valence-electron chi connectivity index (χ1n) is 6.69. The fourth-order valence-electron chi connectivity index (χ4n) is 2.46. The van der Waals surface area contributed by atoms with Crippen molar-refractivity contribution in [2.75, 3.05) is 18.9 Å². The number of carbonyl (C=O) groups excluding carboxylic acids is 1. The van der Waals surface area contributed by atoms with Crippen LogP contribution in [0.3, 0.4) is 0 Å². The van der Waals surface area contributed by atoms with E-state index in [1.54, 1.807) is 6.20 Å². The number of nitrogen functional groups attached to an aromatic ring is 1. The molecule has 1 fully saturated rings. The second kappa shape index (κ2) is 5.38. The van der Waals surface area contributed by atoms with Crippen LogP contribution in [0.5, 0.6) is 0 Å². The fourth-order valence-corrected chi connectivity index (χ4v) is 3.46. The Kier molecular flexibility index (Phi) is 3.58. The lowest BCUT2D eigenvalue weighted by molar-refractivity contribution is 0.0911. The Balaban J connectivity index is 1.74. The normalized spacial score (nSPS) is 22.2. The molecule has 1 aliphatic rings. The minimum Gasteiger partial charge on any atom is -0.396 e. The van der Waals surface area contributed by atoms with E-state index in [9.17, 15) is 4.79 Å². The zero-order valence-corrected chi connectivity index (χ0v) is 12.1. The van der Waals surface area contributed by atoms with Crippen molar-refractivity contribution in [1.82, 2.24) is 10.3 Å². The number of hydrogen-bond donors (Lipinski definition) is 2. The highest BCUT2D eigenvalue weighted by Gasteiger charge is 2.25. The molecular weight excluding hydrogens is 274 g/mol. The lowest BCUT2D eigenvalue weighted by Crippen LogP contribution is -2.31. The molecule has 3 N–H and O–H groups in total. The Hall–Kier alpha value is -1.66. The molecule has 6 heteroatoms. The summed E-state index contributed by atoms with van der Waals surface area (Å²) in [6, 6.07) is 3.77. The first-order valence-corrected chi connectivity index (χ1v) is 7.51. The van der Waals surface area contributed by atoms with Gasteiger partial charge < -0.3 is 15.8 Å². The van der Waals surface area contributed by atoms with Crippen LogP contribution in [-0.2, 0) is 4.74 Å². The molecule has 2 aromatic rings. The average Bonchev–Trinajstić information content (AvgIpc) is 3.01. The summed E-state index contributed by atoms with van der Waals surface area (Å²) in [5, 5.41) is 2.96. The molecule has 106 valence electrons. The summed E-state index contributed by atoms with van der Waals surface area (Å²) in [4.78, 5) is 17.0. The molecule has 0 aromatic carbocycles. The van der Waals surface area contributed by atoms with E-state index in [1.165, 1.54) is 11.3 Å². The molecule has 3 heterocycles. The molecule has 0 spiro atoms. The number of rotatable bonds is 3. The summed E-state index contributed by atoms with van der Waals surface area (Å²) >= 11 is 1.38. The summed E-state index contributed by atoms with van der Waals surface area (Å²) in [7, 11) is 0. The standard InChI is InChI=1S/C14H17N3O2S/c1-8-9(4-6-19-8)7-17-14(18)13-11(15)12-10(20-13)3-2-5-16-12/h2-3,5,8-9H,4,6-7,15H2,1H3,(H,17,18). The highest BCUT2D eigenvalue weighted by molar-refractivity contribution is 7.21. The first-order chi connectivity index (χ1) is 9.66. The van der Waals surface area contributed by atoms with E-state index >= 15 is 0 Å². The summed E-state index contributed by atoms with van der Waals surface area (Å²) < 4.78 is 6.43. The van der Waals surface area contributed by atoms with Crippen molar-refractivity contribution in [3.63, 3.8) is 0 Å². The van der Waals surface area contributed by atoms with Gasteiger partial charge in [-0.2, -0.15) is 0 Å². The van der Waals surface area contributed by atoms with Crippen LogP contribution in [-0.4, -0.2) is 30.1 Å². The summed E-state index contributed by atoms with van der Waals surface area (Å²) in [5.74, 6) is 0.261. The first kappa shape index (κ1) is 13.3. The van der Waals surface area contributed by atoms with Crippen LogP contribution in [0.15, 0.2) is 18.3 Å². The van der Waals surface area contributed by atoms with Crippen LogP contribution in [0.4, 0.5) is 5.69 Å². The average molecular weight is 291 g/mol. The molecule has 3 rings (SSSR count). The van der Waals surface area contributed by atoms with E-state index in [-0.39, 0.29) is 12.0 Å². The molecule has 0 bridgehead atoms. The molecule has 0 radical (unpaired) electrons. The van der Waals surface area contributed by atoms with Crippen molar-refractivity contribution < 1.29 is 9.53 Å². The van der Waals surface area contributed by atoms with Gasteiger partial charge in [-0.05, 0) is 25.5 Å². The van der Waals surface area contributed by atoms with Gasteiger partial charge in [0.1, 0.15) is 10.4 Å². The minimum atomic E-state index is -0.121. The van der Waals surface area contributed by atoms with Crippen LogP contribution in [0.2, 0.25) is 0 Å². The topological polar surface area (TPSA) is 77.2 Å². The van der Waals surface area contributed by atoms with Crippen molar-refractivity contribution in [3.8, 4) is 0 Å². The molecule has 2 atom stereocenters. The lowest BCUT2D eigenvalue weighted by Gasteiger charge is -2.14. The van der Waals surface area contributed by atoms with Gasteiger partial charge in [-0.1, -0.05) is 0 Å². The number of anilines is 1. The number of ether oxygens (including phenoxy) is 1. The third-order valence-corrected chi connectivity index (χ3v) is 4.91. The van der Waals surface area contributed by atoms with Crippen molar-refractivity contribution in [2.24, 2.45) is 5.92 Å². The van der Waals surface area contributed by atoms with E-state index in [1.807, 2.05) is 19.1 Å². The van der Waals surface area contributed by atoms with Crippen LogP contribution < -0.4 is 11.1 Å². The highest BCUT2D eigenvalue weighted by atomic mass is 32.1. The maximum absolute atomic E-state index is 12.2. The predicted molar refractivity (Wildman–Crippen MR) is 79.9 cm³/mol. The number of aromatic nitrogens is 1. The van der Waals surface area contributed by atoms with Crippen molar-refractivity contribution in [2.45, 2.75) is 19.4 Å². The second-order valence-electron chi connectivity index (χ2n) is 5.03. The Labute approximate surface area is 121 Å². The van der Waals surface area contributed by atoms with Crippen LogP contribution >= 0.6 is 11.3 Å². The molecule has 5 nitrogen and oxygen atoms in total. The smallest absolute Gasteiger partial charge is 0.263 e. The number of hydrogen-bond acceptors (Lipinski definition) is 5. The maximum Gasteiger partial charge on any atom is 0.263 e. The Bertz CT molecular complexity index is 640. The van der Waals surface area contributed by atoms with Crippen LogP contribution in [0.25, 0.3) is 10.2 Å². The maximum atomic E-state index is 12.2. The third-order valence-electron chi connectivity index (χ3n) is 3.75. The van der Waals surface area contributed by atoms with Gasteiger partial charge in [-0.3, -0.25) is 9.78 Å².